The van der Waals surface area contributed by atoms with Gasteiger partial charge in [-0.25, -0.2) is 4.79 Å². The first-order chi connectivity index (χ1) is 12.9. The molecule has 3 amide bonds. The maximum Gasteiger partial charge on any atom is 0.321 e. The highest BCUT2D eigenvalue weighted by Crippen LogP contribution is 2.20. The van der Waals surface area contributed by atoms with Gasteiger partial charge in [0.15, 0.2) is 0 Å². The van der Waals surface area contributed by atoms with Gasteiger partial charge in [0.1, 0.15) is 0 Å². The number of nitrogens with one attached hydrogen (secondary N) is 1. The molecule has 0 radical (unpaired) electrons. The van der Waals surface area contributed by atoms with Gasteiger partial charge in [0.25, 0.3) is 5.91 Å². The first-order valence-corrected chi connectivity index (χ1v) is 9.62. The second-order valence-electron chi connectivity index (χ2n) is 7.58. The van der Waals surface area contributed by atoms with Gasteiger partial charge in [0.05, 0.1) is 5.92 Å². The summed E-state index contributed by atoms with van der Waals surface area (Å²) >= 11 is 0. The molecular weight excluding hydrogens is 346 g/mol. The second kappa shape index (κ2) is 8.41. The van der Waals surface area contributed by atoms with Crippen molar-refractivity contribution in [2.45, 2.75) is 32.6 Å². The number of carboxylic acid groups (broad SMARTS) is 1. The molecule has 27 heavy (non-hydrogen) atoms. The third kappa shape index (κ3) is 4.78. The van der Waals surface area contributed by atoms with Crippen LogP contribution in [0.3, 0.4) is 0 Å². The summed E-state index contributed by atoms with van der Waals surface area (Å²) in [6, 6.07) is 6.73. The van der Waals surface area contributed by atoms with Crippen LogP contribution in [-0.2, 0) is 4.79 Å². The molecule has 1 aromatic carbocycles. The molecule has 0 atom stereocenters. The van der Waals surface area contributed by atoms with Crippen molar-refractivity contribution in [3.8, 4) is 0 Å². The maximum atomic E-state index is 12.6. The summed E-state index contributed by atoms with van der Waals surface area (Å²) in [6.07, 6.45) is 3.03. The highest BCUT2D eigenvalue weighted by Gasteiger charge is 2.27. The average Bonchev–Trinajstić information content (AvgIpc) is 2.68. The maximum absolute atomic E-state index is 12.6. The first kappa shape index (κ1) is 19.2. The Labute approximate surface area is 159 Å². The zero-order chi connectivity index (χ0) is 19.4. The third-order valence-electron chi connectivity index (χ3n) is 5.59. The number of rotatable bonds is 3. The Kier molecular flexibility index (Phi) is 5.98. The van der Waals surface area contributed by atoms with Crippen molar-refractivity contribution in [3.05, 3.63) is 29.8 Å². The molecule has 2 aliphatic heterocycles. The molecule has 0 spiro atoms. The lowest BCUT2D eigenvalue weighted by Gasteiger charge is -2.30. The number of carboxylic acids is 1. The zero-order valence-corrected chi connectivity index (χ0v) is 15.7. The number of carbonyl (C=O) groups is 3. The molecule has 0 aliphatic carbocycles. The van der Waals surface area contributed by atoms with Gasteiger partial charge in [-0.2, -0.15) is 0 Å². The van der Waals surface area contributed by atoms with E-state index < -0.39 is 5.97 Å². The van der Waals surface area contributed by atoms with Gasteiger partial charge in [0, 0.05) is 37.4 Å². The number of amides is 3. The quantitative estimate of drug-likeness (QED) is 0.852. The number of piperidine rings is 2. The number of carbonyl (C=O) groups excluding carboxylic acids is 2. The molecule has 0 unspecified atom stereocenters. The van der Waals surface area contributed by atoms with E-state index in [2.05, 4.69) is 12.2 Å². The summed E-state index contributed by atoms with van der Waals surface area (Å²) in [4.78, 5) is 39.4. The summed E-state index contributed by atoms with van der Waals surface area (Å²) in [5.41, 5.74) is 1.26. The van der Waals surface area contributed by atoms with Crippen LogP contribution in [0.25, 0.3) is 0 Å². The lowest BCUT2D eigenvalue weighted by molar-refractivity contribution is -0.143. The van der Waals surface area contributed by atoms with E-state index >= 15 is 0 Å². The van der Waals surface area contributed by atoms with Crippen LogP contribution in [-0.4, -0.2) is 59.0 Å². The van der Waals surface area contributed by atoms with Crippen LogP contribution in [0, 0.1) is 11.8 Å². The minimum Gasteiger partial charge on any atom is -0.481 e. The van der Waals surface area contributed by atoms with Gasteiger partial charge in [0.2, 0.25) is 0 Å². The van der Waals surface area contributed by atoms with E-state index in [9.17, 15) is 14.4 Å². The smallest absolute Gasteiger partial charge is 0.321 e. The predicted octanol–water partition coefficient (Wildman–Crippen LogP) is 2.89. The Bertz CT molecular complexity index is 688. The monoisotopic (exact) mass is 373 g/mol. The van der Waals surface area contributed by atoms with E-state index in [0.717, 1.165) is 25.9 Å². The molecule has 7 nitrogen and oxygen atoms in total. The molecule has 0 saturated carbocycles. The minimum absolute atomic E-state index is 0.0375. The number of anilines is 1. The van der Waals surface area contributed by atoms with Crippen molar-refractivity contribution in [2.75, 3.05) is 31.5 Å². The largest absolute Gasteiger partial charge is 0.481 e. The van der Waals surface area contributed by atoms with E-state index in [4.69, 9.17) is 5.11 Å². The van der Waals surface area contributed by atoms with E-state index in [1.165, 1.54) is 0 Å². The van der Waals surface area contributed by atoms with E-state index in [1.54, 1.807) is 29.2 Å². The molecular formula is C20H27N3O4. The van der Waals surface area contributed by atoms with Crippen molar-refractivity contribution in [1.82, 2.24) is 9.80 Å². The lowest BCUT2D eigenvalue weighted by Crippen LogP contribution is -2.42. The summed E-state index contributed by atoms with van der Waals surface area (Å²) in [5.74, 6) is -0.446. The number of aliphatic carboxylic acids is 1. The summed E-state index contributed by atoms with van der Waals surface area (Å²) in [5, 5.41) is 11.8. The first-order valence-electron chi connectivity index (χ1n) is 9.62. The number of urea groups is 1. The van der Waals surface area contributed by atoms with E-state index in [1.807, 2.05) is 4.90 Å². The Morgan fingerprint density at radius 2 is 1.48 bits per heavy atom. The van der Waals surface area contributed by atoms with E-state index in [-0.39, 0.29) is 17.9 Å². The van der Waals surface area contributed by atoms with Gasteiger partial charge in [-0.3, -0.25) is 9.59 Å². The molecule has 146 valence electrons. The molecule has 7 heteroatoms. The predicted molar refractivity (Wildman–Crippen MR) is 102 cm³/mol. The molecule has 1 aromatic rings. The average molecular weight is 373 g/mol. The van der Waals surface area contributed by atoms with Crippen LogP contribution in [0.1, 0.15) is 43.0 Å². The normalized spacial score (nSPS) is 19.0. The molecule has 0 aromatic heterocycles. The van der Waals surface area contributed by atoms with Crippen LogP contribution >= 0.6 is 0 Å². The Morgan fingerprint density at radius 3 is 2.04 bits per heavy atom. The molecule has 2 fully saturated rings. The Balaban J connectivity index is 1.52. The van der Waals surface area contributed by atoms with Gasteiger partial charge >= 0.3 is 12.0 Å². The number of benzene rings is 1. The van der Waals surface area contributed by atoms with Gasteiger partial charge in [-0.05, 0) is 55.9 Å². The van der Waals surface area contributed by atoms with Gasteiger partial charge in [-0.1, -0.05) is 6.92 Å². The molecule has 2 saturated heterocycles. The molecule has 2 aliphatic rings. The number of likely N-dealkylation sites (tertiary alicyclic amines) is 2. The van der Waals surface area contributed by atoms with Crippen LogP contribution in [0.4, 0.5) is 10.5 Å². The van der Waals surface area contributed by atoms with Crippen molar-refractivity contribution in [1.29, 1.82) is 0 Å². The topological polar surface area (TPSA) is 90.0 Å². The number of nitrogens with zero attached hydrogens (tertiary/aromatic N) is 2. The molecule has 2 N–H and O–H groups in total. The van der Waals surface area contributed by atoms with Crippen molar-refractivity contribution in [2.24, 2.45) is 11.8 Å². The highest BCUT2D eigenvalue weighted by atomic mass is 16.4. The molecule has 0 bridgehead atoms. The van der Waals surface area contributed by atoms with Gasteiger partial charge < -0.3 is 20.2 Å². The second-order valence-corrected chi connectivity index (χ2v) is 7.58. The summed E-state index contributed by atoms with van der Waals surface area (Å²) in [7, 11) is 0. The fourth-order valence-corrected chi connectivity index (χ4v) is 3.62. The Morgan fingerprint density at radius 1 is 0.926 bits per heavy atom. The molecule has 2 heterocycles. The fourth-order valence-electron chi connectivity index (χ4n) is 3.62. The van der Waals surface area contributed by atoms with Crippen LogP contribution in [0.5, 0.6) is 0 Å². The standard InChI is InChI=1S/C20H27N3O4/c1-14-6-10-22(11-7-14)18(24)15-2-4-17(5-3-15)21-20(27)23-12-8-16(9-13-23)19(25)26/h2-5,14,16H,6-13H2,1H3,(H,21,27)(H,25,26). The molecule has 3 rings (SSSR count). The van der Waals surface area contributed by atoms with E-state index in [0.29, 0.717) is 43.1 Å². The zero-order valence-electron chi connectivity index (χ0n) is 15.7. The fraction of sp³-hybridized carbons (Fsp3) is 0.550. The van der Waals surface area contributed by atoms with Gasteiger partial charge in [-0.15, -0.1) is 0 Å². The van der Waals surface area contributed by atoms with Crippen LogP contribution in [0.2, 0.25) is 0 Å². The van der Waals surface area contributed by atoms with Crippen LogP contribution < -0.4 is 5.32 Å². The number of hydrogen-bond donors (Lipinski definition) is 2. The minimum atomic E-state index is -0.793. The SMILES string of the molecule is CC1CCN(C(=O)c2ccc(NC(=O)N3CCC(C(=O)O)CC3)cc2)CC1. The van der Waals surface area contributed by atoms with Crippen LogP contribution in [0.15, 0.2) is 24.3 Å². The van der Waals surface area contributed by atoms with Crippen molar-refractivity contribution < 1.29 is 19.5 Å². The third-order valence-corrected chi connectivity index (χ3v) is 5.59. The Hall–Kier alpha value is -2.57. The summed E-state index contributed by atoms with van der Waals surface area (Å²) < 4.78 is 0. The van der Waals surface area contributed by atoms with Crippen molar-refractivity contribution >= 4 is 23.6 Å². The highest BCUT2D eigenvalue weighted by molar-refractivity contribution is 5.95. The van der Waals surface area contributed by atoms with Crippen molar-refractivity contribution in [3.63, 3.8) is 0 Å². The summed E-state index contributed by atoms with van der Waals surface area (Å²) in [6.45, 7) is 4.68. The number of hydrogen-bond acceptors (Lipinski definition) is 3. The lowest BCUT2D eigenvalue weighted by atomic mass is 9.97.